The predicted octanol–water partition coefficient (Wildman–Crippen LogP) is 10.4. The van der Waals surface area contributed by atoms with Crippen LogP contribution in [0.25, 0.3) is 0 Å². The number of nitrogens with two attached hydrogens (primary N) is 1. The minimum Gasteiger partial charge on any atom is -0.487 e. The van der Waals surface area contributed by atoms with E-state index in [1.807, 2.05) is 0 Å². The van der Waals surface area contributed by atoms with Crippen molar-refractivity contribution in [2.75, 3.05) is 25.3 Å². The number of amides is 1. The second-order valence-electron chi connectivity index (χ2n) is 12.5. The summed E-state index contributed by atoms with van der Waals surface area (Å²) in [5.74, 6) is -1.39. The van der Waals surface area contributed by atoms with Crippen LogP contribution in [0.5, 0.6) is 11.5 Å². The quantitative estimate of drug-likeness (QED) is 0.109. The van der Waals surface area contributed by atoms with Crippen molar-refractivity contribution >= 4 is 81.6 Å². The Morgan fingerprint density at radius 3 is 1.33 bits per heavy atom. The molecule has 4 aromatic carbocycles. The van der Waals surface area contributed by atoms with E-state index < -0.39 is 11.9 Å². The highest BCUT2D eigenvalue weighted by Crippen LogP contribution is 2.38. The van der Waals surface area contributed by atoms with E-state index >= 15 is 0 Å². The number of anilines is 2. The number of nitrogens with one attached hydrogen (secondary N) is 1. The Labute approximate surface area is 338 Å². The average Bonchev–Trinajstić information content (AvgIpc) is 3.90. The third-order valence-corrected chi connectivity index (χ3v) is 9.70. The molecule has 2 saturated carbocycles. The first kappa shape index (κ1) is 43.1. The van der Waals surface area contributed by atoms with E-state index in [2.05, 4.69) is 14.8 Å². The van der Waals surface area contributed by atoms with Crippen molar-refractivity contribution in [2.45, 2.75) is 63.6 Å². The van der Waals surface area contributed by atoms with Crippen molar-refractivity contribution in [3.05, 3.63) is 115 Å². The average molecular weight is 835 g/mol. The Morgan fingerprint density at radius 2 is 0.964 bits per heavy atom. The lowest BCUT2D eigenvalue weighted by atomic mass is 10.1. The van der Waals surface area contributed by atoms with Crippen LogP contribution in [0, 0.1) is 0 Å². The summed E-state index contributed by atoms with van der Waals surface area (Å²) in [6, 6.07) is 18.7. The van der Waals surface area contributed by atoms with Crippen molar-refractivity contribution < 1.29 is 43.2 Å². The highest BCUT2D eigenvalue weighted by Gasteiger charge is 2.22. The van der Waals surface area contributed by atoms with Crippen molar-refractivity contribution in [3.63, 3.8) is 0 Å². The van der Waals surface area contributed by atoms with Gasteiger partial charge in [-0.3, -0.25) is 4.79 Å². The molecular weight excluding hydrogens is 794 g/mol. The Kier molecular flexibility index (Phi) is 16.3. The van der Waals surface area contributed by atoms with Crippen LogP contribution in [0.15, 0.2) is 72.8 Å². The van der Waals surface area contributed by atoms with Gasteiger partial charge in [0.15, 0.2) is 11.5 Å². The van der Waals surface area contributed by atoms with Crippen LogP contribution in [0.2, 0.25) is 20.1 Å². The van der Waals surface area contributed by atoms with Crippen LogP contribution in [0.3, 0.4) is 0 Å². The van der Waals surface area contributed by atoms with Crippen molar-refractivity contribution in [1.82, 2.24) is 0 Å². The highest BCUT2D eigenvalue weighted by molar-refractivity contribution is 6.38. The summed E-state index contributed by atoms with van der Waals surface area (Å²) in [4.78, 5) is 45.6. The zero-order chi connectivity index (χ0) is 40.1. The number of rotatable bonds is 9. The summed E-state index contributed by atoms with van der Waals surface area (Å²) in [7, 11) is 2.66. The topological polar surface area (TPSA) is 163 Å². The maximum atomic E-state index is 12.5. The summed E-state index contributed by atoms with van der Waals surface area (Å²) in [6.07, 6.45) is 8.77. The normalized spacial score (nSPS) is 13.7. The number of esters is 2. The number of halogens is 4. The number of carboxylic acids is 1. The van der Waals surface area contributed by atoms with E-state index in [0.29, 0.717) is 49.6 Å². The first-order valence-corrected chi connectivity index (χ1v) is 18.8. The van der Waals surface area contributed by atoms with Gasteiger partial charge in [-0.2, -0.15) is 0 Å². The fourth-order valence-electron chi connectivity index (χ4n) is 5.69. The van der Waals surface area contributed by atoms with E-state index in [-0.39, 0.29) is 39.7 Å². The molecule has 55 heavy (non-hydrogen) atoms. The second kappa shape index (κ2) is 20.8. The number of carbonyl (C=O) groups is 4. The van der Waals surface area contributed by atoms with Gasteiger partial charge in [0.2, 0.25) is 0 Å². The molecule has 292 valence electrons. The molecule has 0 heterocycles. The van der Waals surface area contributed by atoms with Gasteiger partial charge in [0.25, 0.3) is 5.91 Å². The molecule has 0 radical (unpaired) electrons. The molecule has 0 spiro atoms. The maximum absolute atomic E-state index is 12.5. The third kappa shape index (κ3) is 12.7. The van der Waals surface area contributed by atoms with Gasteiger partial charge < -0.3 is 35.1 Å². The molecule has 0 unspecified atom stereocenters. The van der Waals surface area contributed by atoms with E-state index in [1.54, 1.807) is 48.5 Å². The van der Waals surface area contributed by atoms with Crippen LogP contribution in [0.4, 0.5) is 11.4 Å². The van der Waals surface area contributed by atoms with Gasteiger partial charge >= 0.3 is 17.9 Å². The van der Waals surface area contributed by atoms with Gasteiger partial charge in [0, 0.05) is 16.9 Å². The van der Waals surface area contributed by atoms with Crippen LogP contribution >= 0.6 is 46.4 Å². The zero-order valence-corrected chi connectivity index (χ0v) is 33.1. The van der Waals surface area contributed by atoms with E-state index in [1.165, 1.54) is 38.5 Å². The van der Waals surface area contributed by atoms with Gasteiger partial charge in [-0.25, -0.2) is 14.4 Å². The lowest BCUT2D eigenvalue weighted by molar-refractivity contribution is 0.0592. The molecule has 4 N–H and O–H groups in total. The largest absolute Gasteiger partial charge is 0.487 e. The highest BCUT2D eigenvalue weighted by atomic mass is 35.5. The lowest BCUT2D eigenvalue weighted by Gasteiger charge is -2.16. The molecule has 0 bridgehead atoms. The number of methoxy groups -OCH3 is 2. The standard InChI is InChI=1S/C20H19Cl2NO4.C12H12Cl2O3.C8H9NO2/c1-26-20(25)12-6-8-14(9-7-12)23-19(24)13-10-16(21)18(17(22)11-13)27-15-4-2-3-5-15;13-9-5-7(12(15)16)6-10(14)11(9)17-8-3-1-2-4-8;1-11-8(10)6-2-4-7(9)5-3-6/h6-11,15H,2-5H2,1H3,(H,23,24);5-6,8H,1-4H2,(H,15,16);2-5H,9H2,1H3. The van der Waals surface area contributed by atoms with Crippen molar-refractivity contribution in [2.24, 2.45) is 0 Å². The van der Waals surface area contributed by atoms with Gasteiger partial charge in [-0.05, 0) is 124 Å². The third-order valence-electron chi connectivity index (χ3n) is 8.57. The fraction of sp³-hybridized carbons (Fsp3) is 0.300. The minimum absolute atomic E-state index is 0.0683. The first-order chi connectivity index (χ1) is 26.3. The van der Waals surface area contributed by atoms with Crippen LogP contribution in [-0.2, 0) is 9.47 Å². The van der Waals surface area contributed by atoms with E-state index in [0.717, 1.165) is 51.4 Å². The fourth-order valence-corrected chi connectivity index (χ4v) is 6.85. The smallest absolute Gasteiger partial charge is 0.337 e. The molecule has 0 aliphatic heterocycles. The number of carboxylic acid groups (broad SMARTS) is 1. The Bertz CT molecular complexity index is 1920. The zero-order valence-electron chi connectivity index (χ0n) is 30.0. The molecule has 15 heteroatoms. The van der Waals surface area contributed by atoms with E-state index in [4.69, 9.17) is 66.7 Å². The molecule has 2 aliphatic rings. The summed E-state index contributed by atoms with van der Waals surface area (Å²) in [6.45, 7) is 0. The van der Waals surface area contributed by atoms with Crippen LogP contribution in [-0.4, -0.2) is 55.3 Å². The molecular formula is C40H40Cl4N2O9. The molecule has 0 atom stereocenters. The summed E-state index contributed by atoms with van der Waals surface area (Å²) >= 11 is 24.6. The van der Waals surface area contributed by atoms with Gasteiger partial charge in [0.1, 0.15) is 0 Å². The molecule has 6 rings (SSSR count). The molecule has 4 aromatic rings. The second-order valence-corrected chi connectivity index (χ2v) is 14.2. The Morgan fingerprint density at radius 1 is 0.600 bits per heavy atom. The first-order valence-electron chi connectivity index (χ1n) is 17.3. The SMILES string of the molecule is COC(=O)c1ccc(N)cc1.COC(=O)c1ccc(NC(=O)c2cc(Cl)c(OC3CCCC3)c(Cl)c2)cc1.O=C(O)c1cc(Cl)c(OC2CCCC2)c(Cl)c1. The maximum Gasteiger partial charge on any atom is 0.337 e. The molecule has 11 nitrogen and oxygen atoms in total. The summed E-state index contributed by atoms with van der Waals surface area (Å²) in [5, 5.41) is 12.7. The van der Waals surface area contributed by atoms with E-state index in [9.17, 15) is 19.2 Å². The molecule has 0 saturated heterocycles. The van der Waals surface area contributed by atoms with Gasteiger partial charge in [0.05, 0.1) is 63.2 Å². The Balaban J connectivity index is 0.000000204. The van der Waals surface area contributed by atoms with Gasteiger partial charge in [-0.15, -0.1) is 0 Å². The monoisotopic (exact) mass is 832 g/mol. The van der Waals surface area contributed by atoms with Crippen molar-refractivity contribution in [1.29, 1.82) is 0 Å². The van der Waals surface area contributed by atoms with Crippen LogP contribution in [0.1, 0.15) is 92.8 Å². The Hall–Kier alpha value is -4.68. The van der Waals surface area contributed by atoms with Crippen molar-refractivity contribution in [3.8, 4) is 11.5 Å². The lowest BCUT2D eigenvalue weighted by Crippen LogP contribution is -2.14. The predicted molar refractivity (Wildman–Crippen MR) is 214 cm³/mol. The molecule has 1 amide bonds. The molecule has 2 fully saturated rings. The summed E-state index contributed by atoms with van der Waals surface area (Å²) in [5.41, 5.74) is 7.89. The number of hydrogen-bond donors (Lipinski definition) is 3. The number of benzene rings is 4. The number of hydrogen-bond acceptors (Lipinski definition) is 9. The number of carbonyl (C=O) groups excluding carboxylic acids is 3. The number of ether oxygens (including phenoxy) is 4. The summed E-state index contributed by atoms with van der Waals surface area (Å²) < 4.78 is 20.8. The molecule has 2 aliphatic carbocycles. The number of aromatic carboxylic acids is 1. The minimum atomic E-state index is -1.05. The van der Waals surface area contributed by atoms with Gasteiger partial charge in [-0.1, -0.05) is 46.4 Å². The number of nitrogen functional groups attached to an aromatic ring is 1. The molecule has 0 aromatic heterocycles. The van der Waals surface area contributed by atoms with Crippen LogP contribution < -0.4 is 20.5 Å².